The van der Waals surface area contributed by atoms with Gasteiger partial charge >= 0.3 is 0 Å². The molecular weight excluding hydrogens is 292 g/mol. The molecule has 0 fully saturated rings. The Kier molecular flexibility index (Phi) is 3.01. The van der Waals surface area contributed by atoms with Crippen molar-refractivity contribution >= 4 is 33.4 Å². The van der Waals surface area contributed by atoms with Crippen molar-refractivity contribution in [3.05, 3.63) is 36.6 Å². The van der Waals surface area contributed by atoms with Crippen molar-refractivity contribution in [3.63, 3.8) is 0 Å². The first-order valence-corrected chi connectivity index (χ1v) is 7.19. The van der Waals surface area contributed by atoms with E-state index >= 15 is 0 Å². The fourth-order valence-corrected chi connectivity index (χ4v) is 2.89. The molecule has 7 nitrogen and oxygen atoms in total. The summed E-state index contributed by atoms with van der Waals surface area (Å²) in [7, 11) is 0. The van der Waals surface area contributed by atoms with Crippen LogP contribution < -0.4 is 0 Å². The van der Waals surface area contributed by atoms with Crippen molar-refractivity contribution < 1.29 is 4.79 Å². The standard InChI is InChI=1S/C16H12N6O/c17-4-1-13(23)22-6-3-10(8-22)15-14-11-2-5-18-16(11)19-7-12(14)20-9-21-15/h2-3,5,7,9H,1,6,8H2,(H,20,21). The number of nitrogens with zero attached hydrogens (tertiary/aromatic N) is 5. The Morgan fingerprint density at radius 3 is 3.17 bits per heavy atom. The van der Waals surface area contributed by atoms with Gasteiger partial charge in [0.05, 0.1) is 29.8 Å². The maximum absolute atomic E-state index is 11.9. The number of aromatic nitrogens is 4. The van der Waals surface area contributed by atoms with Gasteiger partial charge < -0.3 is 9.88 Å². The lowest BCUT2D eigenvalue weighted by molar-refractivity contribution is -0.128. The Hall–Kier alpha value is -3.27. The van der Waals surface area contributed by atoms with Crippen LogP contribution in [0.5, 0.6) is 0 Å². The number of hydrogen-bond acceptors (Lipinski definition) is 5. The van der Waals surface area contributed by atoms with E-state index in [9.17, 15) is 4.79 Å². The fraction of sp³-hybridized carbons (Fsp3) is 0.188. The van der Waals surface area contributed by atoms with Crippen LogP contribution in [-0.2, 0) is 4.79 Å². The summed E-state index contributed by atoms with van der Waals surface area (Å²) in [6.45, 7) is 0.968. The van der Waals surface area contributed by atoms with Gasteiger partial charge in [-0.15, -0.1) is 0 Å². The smallest absolute Gasteiger partial charge is 0.237 e. The highest BCUT2D eigenvalue weighted by atomic mass is 16.2. The number of pyridine rings is 1. The summed E-state index contributed by atoms with van der Waals surface area (Å²) in [4.78, 5) is 29.7. The van der Waals surface area contributed by atoms with Crippen molar-refractivity contribution in [3.8, 4) is 6.07 Å². The van der Waals surface area contributed by atoms with E-state index in [1.54, 1.807) is 23.6 Å². The number of nitrogens with one attached hydrogen (secondary N) is 1. The molecule has 0 unspecified atom stereocenters. The molecule has 3 aromatic rings. The number of amides is 1. The van der Waals surface area contributed by atoms with E-state index in [1.165, 1.54) is 0 Å². The monoisotopic (exact) mass is 304 g/mol. The van der Waals surface area contributed by atoms with Crippen LogP contribution in [0.3, 0.4) is 0 Å². The summed E-state index contributed by atoms with van der Waals surface area (Å²) < 4.78 is 0. The average Bonchev–Trinajstić information content (AvgIpc) is 3.23. The van der Waals surface area contributed by atoms with Crippen molar-refractivity contribution in [1.82, 2.24) is 24.8 Å². The summed E-state index contributed by atoms with van der Waals surface area (Å²) in [5.41, 5.74) is 3.35. The van der Waals surface area contributed by atoms with Crippen molar-refractivity contribution in [2.24, 2.45) is 0 Å². The first-order valence-electron chi connectivity index (χ1n) is 7.19. The molecule has 4 rings (SSSR count). The van der Waals surface area contributed by atoms with Gasteiger partial charge in [-0.1, -0.05) is 6.08 Å². The van der Waals surface area contributed by atoms with Crippen molar-refractivity contribution in [1.29, 1.82) is 5.26 Å². The molecule has 0 saturated carbocycles. The van der Waals surface area contributed by atoms with Gasteiger partial charge in [0.15, 0.2) is 5.65 Å². The van der Waals surface area contributed by atoms with Crippen LogP contribution in [-0.4, -0.2) is 43.8 Å². The highest BCUT2D eigenvalue weighted by Gasteiger charge is 2.23. The molecule has 0 bridgehead atoms. The number of carbonyl (C=O) groups is 1. The molecule has 1 aliphatic heterocycles. The van der Waals surface area contributed by atoms with Crippen LogP contribution in [0.4, 0.5) is 0 Å². The Bertz CT molecular complexity index is 997. The van der Waals surface area contributed by atoms with Crippen LogP contribution in [0, 0.1) is 11.3 Å². The summed E-state index contributed by atoms with van der Waals surface area (Å²) >= 11 is 0. The van der Waals surface area contributed by atoms with Crippen LogP contribution in [0.1, 0.15) is 12.1 Å². The second-order valence-corrected chi connectivity index (χ2v) is 5.32. The number of hydrogen-bond donors (Lipinski definition) is 1. The highest BCUT2D eigenvalue weighted by Crippen LogP contribution is 2.30. The van der Waals surface area contributed by atoms with Gasteiger partial charge in [-0.25, -0.2) is 15.0 Å². The lowest BCUT2D eigenvalue weighted by Gasteiger charge is -2.15. The van der Waals surface area contributed by atoms with Crippen molar-refractivity contribution in [2.75, 3.05) is 13.1 Å². The first-order chi connectivity index (χ1) is 11.3. The molecule has 0 spiro atoms. The third-order valence-electron chi connectivity index (χ3n) is 3.99. The molecule has 0 atom stereocenters. The molecule has 1 amide bonds. The summed E-state index contributed by atoms with van der Waals surface area (Å²) in [6.07, 6.45) is 6.98. The maximum Gasteiger partial charge on any atom is 0.237 e. The van der Waals surface area contributed by atoms with Gasteiger partial charge in [0, 0.05) is 30.1 Å². The first kappa shape index (κ1) is 13.4. The molecule has 3 aromatic heterocycles. The number of H-pyrrole nitrogens is 1. The minimum absolute atomic E-state index is 0.0984. The SMILES string of the molecule is N#CCC(=O)N1CC=C(c2nc[nH]c3cnc4nccc4c23)C1. The molecule has 0 saturated heterocycles. The van der Waals surface area contributed by atoms with Crippen LogP contribution in [0.15, 0.2) is 30.9 Å². The Balaban J connectivity index is 1.80. The van der Waals surface area contributed by atoms with Crippen molar-refractivity contribution in [2.45, 2.75) is 6.42 Å². The number of rotatable bonds is 2. The van der Waals surface area contributed by atoms with Gasteiger partial charge in [0.25, 0.3) is 0 Å². The molecule has 0 aromatic carbocycles. The summed E-state index contributed by atoms with van der Waals surface area (Å²) in [5.74, 6) is -0.160. The number of nitriles is 1. The molecule has 4 heterocycles. The molecule has 23 heavy (non-hydrogen) atoms. The summed E-state index contributed by atoms with van der Waals surface area (Å²) in [6, 6.07) is 3.81. The maximum atomic E-state index is 11.9. The molecule has 0 radical (unpaired) electrons. The number of fused-ring (bicyclic) bond motifs is 3. The largest absolute Gasteiger partial charge is 0.345 e. The lowest BCUT2D eigenvalue weighted by Crippen LogP contribution is -2.28. The average molecular weight is 304 g/mol. The predicted molar refractivity (Wildman–Crippen MR) is 84.0 cm³/mol. The Morgan fingerprint density at radius 2 is 2.30 bits per heavy atom. The van der Waals surface area contributed by atoms with Gasteiger partial charge in [0.2, 0.25) is 5.91 Å². The minimum Gasteiger partial charge on any atom is -0.345 e. The zero-order valence-electron chi connectivity index (χ0n) is 12.2. The number of aromatic amines is 1. The normalized spacial score (nSPS) is 14.2. The molecule has 0 aliphatic carbocycles. The van der Waals surface area contributed by atoms with Gasteiger partial charge in [-0.05, 0) is 11.6 Å². The van der Waals surface area contributed by atoms with Gasteiger partial charge in [0.1, 0.15) is 6.42 Å². The molecular formula is C16H12N6O. The van der Waals surface area contributed by atoms with Gasteiger partial charge in [-0.3, -0.25) is 4.79 Å². The van der Waals surface area contributed by atoms with E-state index in [2.05, 4.69) is 19.9 Å². The molecule has 7 heteroatoms. The number of carbonyl (C=O) groups excluding carboxylic acids is 1. The predicted octanol–water partition coefficient (Wildman–Crippen LogP) is 1.65. The van der Waals surface area contributed by atoms with Crippen LogP contribution >= 0.6 is 0 Å². The zero-order chi connectivity index (χ0) is 15.8. The van der Waals surface area contributed by atoms with Crippen LogP contribution in [0.25, 0.3) is 27.5 Å². The van der Waals surface area contributed by atoms with E-state index < -0.39 is 0 Å². The summed E-state index contributed by atoms with van der Waals surface area (Å²) in [5, 5.41) is 10.6. The topological polar surface area (TPSA) is 98.6 Å². The third-order valence-corrected chi connectivity index (χ3v) is 3.99. The Morgan fingerprint density at radius 1 is 1.39 bits per heavy atom. The van der Waals surface area contributed by atoms with Gasteiger partial charge in [-0.2, -0.15) is 5.26 Å². The van der Waals surface area contributed by atoms with E-state index in [0.29, 0.717) is 18.7 Å². The molecule has 112 valence electrons. The lowest BCUT2D eigenvalue weighted by atomic mass is 10.1. The molecule has 1 N–H and O–H groups in total. The third kappa shape index (κ3) is 2.12. The fourth-order valence-electron chi connectivity index (χ4n) is 2.89. The van der Waals surface area contributed by atoms with E-state index in [4.69, 9.17) is 5.26 Å². The second kappa shape index (κ2) is 5.18. The van der Waals surface area contributed by atoms with E-state index in [1.807, 2.05) is 18.2 Å². The Labute approximate surface area is 131 Å². The van der Waals surface area contributed by atoms with E-state index in [0.717, 1.165) is 27.6 Å². The zero-order valence-corrected chi connectivity index (χ0v) is 12.2. The highest BCUT2D eigenvalue weighted by molar-refractivity contribution is 6.08. The van der Waals surface area contributed by atoms with Crippen LogP contribution in [0.2, 0.25) is 0 Å². The second-order valence-electron chi connectivity index (χ2n) is 5.32. The van der Waals surface area contributed by atoms with E-state index in [-0.39, 0.29) is 12.3 Å². The molecule has 1 aliphatic rings. The minimum atomic E-state index is -0.160. The quantitative estimate of drug-likeness (QED) is 0.776.